The van der Waals surface area contributed by atoms with Crippen LogP contribution >= 0.6 is 11.6 Å². The van der Waals surface area contributed by atoms with Crippen LogP contribution in [0.5, 0.6) is 0 Å². The predicted molar refractivity (Wildman–Crippen MR) is 102 cm³/mol. The molecule has 0 bridgehead atoms. The number of nitro groups is 1. The summed E-state index contributed by atoms with van der Waals surface area (Å²) in [5.41, 5.74) is -0.261. The van der Waals surface area contributed by atoms with Crippen LogP contribution in [-0.4, -0.2) is 32.3 Å². The van der Waals surface area contributed by atoms with Crippen molar-refractivity contribution >= 4 is 38.9 Å². The summed E-state index contributed by atoms with van der Waals surface area (Å²) in [6.07, 6.45) is 0.702. The third-order valence-corrected chi connectivity index (χ3v) is 5.70. The summed E-state index contributed by atoms with van der Waals surface area (Å²) < 4.78 is 27.1. The molecule has 0 unspecified atom stereocenters. The van der Waals surface area contributed by atoms with Crippen LogP contribution in [0.3, 0.4) is 0 Å². The largest absolute Gasteiger partial charge is 0.355 e. The summed E-state index contributed by atoms with van der Waals surface area (Å²) in [5, 5.41) is 13.5. The van der Waals surface area contributed by atoms with E-state index in [1.807, 2.05) is 6.92 Å². The summed E-state index contributed by atoms with van der Waals surface area (Å²) in [5.74, 6) is -0.479. The molecular formula is C17H18ClN3O5S. The number of para-hydroxylation sites is 1. The Morgan fingerprint density at radius 2 is 1.89 bits per heavy atom. The van der Waals surface area contributed by atoms with Gasteiger partial charge >= 0.3 is 0 Å². The van der Waals surface area contributed by atoms with Crippen molar-refractivity contribution in [2.45, 2.75) is 18.2 Å². The lowest BCUT2D eigenvalue weighted by atomic mass is 10.3. The summed E-state index contributed by atoms with van der Waals surface area (Å²) in [7, 11) is -4.24. The predicted octanol–water partition coefficient (Wildman–Crippen LogP) is 2.97. The maximum atomic E-state index is 13.1. The van der Waals surface area contributed by atoms with Crippen molar-refractivity contribution in [3.8, 4) is 0 Å². The zero-order chi connectivity index (χ0) is 20.0. The molecule has 0 aliphatic rings. The van der Waals surface area contributed by atoms with E-state index in [4.69, 9.17) is 11.6 Å². The van der Waals surface area contributed by atoms with E-state index >= 15 is 0 Å². The van der Waals surface area contributed by atoms with E-state index in [1.165, 1.54) is 18.2 Å². The van der Waals surface area contributed by atoms with Crippen LogP contribution in [0.15, 0.2) is 53.4 Å². The van der Waals surface area contributed by atoms with Gasteiger partial charge in [0.2, 0.25) is 5.91 Å². The Kier molecular flexibility index (Phi) is 6.75. The second kappa shape index (κ2) is 8.83. The monoisotopic (exact) mass is 411 g/mol. The number of nitrogens with one attached hydrogen (secondary N) is 1. The molecule has 0 aliphatic heterocycles. The fourth-order valence-corrected chi connectivity index (χ4v) is 3.91. The topological polar surface area (TPSA) is 110 Å². The summed E-state index contributed by atoms with van der Waals surface area (Å²) >= 11 is 5.77. The molecule has 1 N–H and O–H groups in total. The molecule has 1 amide bonds. The molecule has 0 spiro atoms. The van der Waals surface area contributed by atoms with E-state index in [0.29, 0.717) is 13.0 Å². The van der Waals surface area contributed by atoms with Gasteiger partial charge in [0.05, 0.1) is 15.5 Å². The van der Waals surface area contributed by atoms with Gasteiger partial charge in [-0.25, -0.2) is 8.42 Å². The number of carbonyl (C=O) groups excluding carboxylic acids is 1. The molecule has 2 rings (SSSR count). The average molecular weight is 412 g/mol. The van der Waals surface area contributed by atoms with Crippen LogP contribution in [-0.2, 0) is 14.8 Å². The van der Waals surface area contributed by atoms with Crippen LogP contribution in [0.4, 0.5) is 11.4 Å². The molecule has 0 saturated carbocycles. The van der Waals surface area contributed by atoms with Crippen molar-refractivity contribution in [2.24, 2.45) is 0 Å². The molecule has 2 aromatic rings. The number of hydrogen-bond donors (Lipinski definition) is 1. The molecular weight excluding hydrogens is 394 g/mol. The lowest BCUT2D eigenvalue weighted by Gasteiger charge is -2.24. The Hall–Kier alpha value is -2.65. The molecule has 0 saturated heterocycles. The summed E-state index contributed by atoms with van der Waals surface area (Å²) in [4.78, 5) is 22.1. The van der Waals surface area contributed by atoms with Crippen LogP contribution in [0.2, 0.25) is 5.02 Å². The number of sulfonamides is 1. The van der Waals surface area contributed by atoms with Crippen LogP contribution in [0.25, 0.3) is 0 Å². The first kappa shape index (κ1) is 20.7. The third kappa shape index (κ3) is 4.95. The molecule has 8 nitrogen and oxygen atoms in total. The van der Waals surface area contributed by atoms with Gasteiger partial charge in [-0.05, 0) is 30.7 Å². The lowest BCUT2D eigenvalue weighted by molar-refractivity contribution is -0.384. The Balaban J connectivity index is 2.49. The fourth-order valence-electron chi connectivity index (χ4n) is 2.28. The second-order valence-corrected chi connectivity index (χ2v) is 7.84. The first-order valence-electron chi connectivity index (χ1n) is 8.05. The molecule has 10 heteroatoms. The van der Waals surface area contributed by atoms with E-state index in [-0.39, 0.29) is 15.6 Å². The number of rotatable bonds is 8. The number of anilines is 1. The molecule has 27 heavy (non-hydrogen) atoms. The normalized spacial score (nSPS) is 11.0. The highest BCUT2D eigenvalue weighted by atomic mass is 35.5. The van der Waals surface area contributed by atoms with Crippen molar-refractivity contribution in [1.82, 2.24) is 5.32 Å². The minimum Gasteiger partial charge on any atom is -0.355 e. The quantitative estimate of drug-likeness (QED) is 0.530. The minimum atomic E-state index is -4.24. The number of benzene rings is 2. The van der Waals surface area contributed by atoms with Gasteiger partial charge in [-0.15, -0.1) is 0 Å². The summed E-state index contributed by atoms with van der Waals surface area (Å²) in [6, 6.07) is 11.2. The second-order valence-electron chi connectivity index (χ2n) is 5.57. The maximum Gasteiger partial charge on any atom is 0.289 e. The van der Waals surface area contributed by atoms with Gasteiger partial charge in [0.15, 0.2) is 0 Å². The number of hydrogen-bond acceptors (Lipinski definition) is 5. The first-order valence-corrected chi connectivity index (χ1v) is 9.87. The number of carbonyl (C=O) groups is 1. The van der Waals surface area contributed by atoms with Gasteiger partial charge in [-0.3, -0.25) is 19.2 Å². The first-order chi connectivity index (χ1) is 12.8. The highest BCUT2D eigenvalue weighted by Crippen LogP contribution is 2.30. The van der Waals surface area contributed by atoms with Crippen LogP contribution < -0.4 is 9.62 Å². The minimum absolute atomic E-state index is 0.175. The number of halogens is 1. The van der Waals surface area contributed by atoms with Gasteiger partial charge in [-0.1, -0.05) is 36.7 Å². The number of nitro benzene ring substituents is 1. The number of nitrogens with zero attached hydrogens (tertiary/aromatic N) is 2. The summed E-state index contributed by atoms with van der Waals surface area (Å²) in [6.45, 7) is 1.83. The van der Waals surface area contributed by atoms with E-state index in [1.54, 1.807) is 18.2 Å². The molecule has 2 aromatic carbocycles. The maximum absolute atomic E-state index is 13.1. The average Bonchev–Trinajstić information content (AvgIpc) is 2.65. The van der Waals surface area contributed by atoms with E-state index in [0.717, 1.165) is 16.4 Å². The molecule has 0 aromatic heterocycles. The molecule has 0 atom stereocenters. The van der Waals surface area contributed by atoms with Gasteiger partial charge < -0.3 is 5.32 Å². The Morgan fingerprint density at radius 3 is 2.48 bits per heavy atom. The SMILES string of the molecule is CCCNC(=O)CN(c1ccccc1)S(=O)(=O)c1ccc(Cl)c([N+](=O)[O-])c1. The van der Waals surface area contributed by atoms with Crippen molar-refractivity contribution < 1.29 is 18.1 Å². The highest BCUT2D eigenvalue weighted by molar-refractivity contribution is 7.92. The Labute approximate surface area is 162 Å². The van der Waals surface area contributed by atoms with Crippen molar-refractivity contribution in [3.63, 3.8) is 0 Å². The molecule has 0 aliphatic carbocycles. The van der Waals surface area contributed by atoms with Crippen LogP contribution in [0.1, 0.15) is 13.3 Å². The van der Waals surface area contributed by atoms with Gasteiger partial charge in [0.1, 0.15) is 11.6 Å². The standard InChI is InChI=1S/C17H18ClN3O5S/c1-2-10-19-17(22)12-20(13-6-4-3-5-7-13)27(25,26)14-8-9-15(18)16(11-14)21(23)24/h3-9,11H,2,10,12H2,1H3,(H,19,22). The van der Waals surface area contributed by atoms with Crippen LogP contribution in [0, 0.1) is 10.1 Å². The van der Waals surface area contributed by atoms with E-state index in [2.05, 4.69) is 5.32 Å². The smallest absolute Gasteiger partial charge is 0.289 e. The molecule has 144 valence electrons. The lowest BCUT2D eigenvalue weighted by Crippen LogP contribution is -2.41. The molecule has 0 fully saturated rings. The van der Waals surface area contributed by atoms with Crippen molar-refractivity contribution in [3.05, 3.63) is 63.7 Å². The Morgan fingerprint density at radius 1 is 1.22 bits per heavy atom. The third-order valence-electron chi connectivity index (χ3n) is 3.61. The zero-order valence-electron chi connectivity index (χ0n) is 14.5. The van der Waals surface area contributed by atoms with Gasteiger partial charge in [-0.2, -0.15) is 0 Å². The van der Waals surface area contributed by atoms with Gasteiger partial charge in [0.25, 0.3) is 15.7 Å². The fraction of sp³-hybridized carbons (Fsp3) is 0.235. The van der Waals surface area contributed by atoms with Gasteiger partial charge in [0, 0.05) is 12.6 Å². The highest BCUT2D eigenvalue weighted by Gasteiger charge is 2.29. The molecule has 0 heterocycles. The zero-order valence-corrected chi connectivity index (χ0v) is 16.0. The molecule has 0 radical (unpaired) electrons. The van der Waals surface area contributed by atoms with Crippen molar-refractivity contribution in [2.75, 3.05) is 17.4 Å². The van der Waals surface area contributed by atoms with E-state index in [9.17, 15) is 23.3 Å². The van der Waals surface area contributed by atoms with E-state index < -0.39 is 33.1 Å². The van der Waals surface area contributed by atoms with Crippen molar-refractivity contribution in [1.29, 1.82) is 0 Å². The Bertz CT molecular complexity index is 935. The number of amides is 1.